The molecule has 0 aliphatic carbocycles. The number of hydrogen-bond acceptors (Lipinski definition) is 5. The van der Waals surface area contributed by atoms with Crippen molar-refractivity contribution in [3.63, 3.8) is 0 Å². The van der Waals surface area contributed by atoms with Gasteiger partial charge in [-0.25, -0.2) is 9.78 Å². The number of carboxylic acid groups (broad SMARTS) is 1. The summed E-state index contributed by atoms with van der Waals surface area (Å²) >= 11 is 1.03. The highest BCUT2D eigenvalue weighted by Gasteiger charge is 2.18. The molecular weight excluding hydrogens is 270 g/mol. The van der Waals surface area contributed by atoms with E-state index in [1.165, 1.54) is 6.20 Å². The second-order valence-electron chi connectivity index (χ2n) is 3.68. The Morgan fingerprint density at radius 3 is 2.79 bits per heavy atom. The summed E-state index contributed by atoms with van der Waals surface area (Å²) < 4.78 is 0. The number of nitrogens with one attached hydrogen (secondary N) is 2. The lowest BCUT2D eigenvalue weighted by Crippen LogP contribution is -2.18. The molecule has 98 valence electrons. The van der Waals surface area contributed by atoms with Gasteiger partial charge in [-0.2, -0.15) is 0 Å². The van der Waals surface area contributed by atoms with Crippen LogP contribution >= 0.6 is 11.3 Å². The maximum absolute atomic E-state index is 11.9. The summed E-state index contributed by atoms with van der Waals surface area (Å²) in [6.07, 6.45) is 2.15. The number of amides is 1. The van der Waals surface area contributed by atoms with E-state index in [1.807, 2.05) is 0 Å². The molecule has 0 aromatic carbocycles. The number of rotatable bonds is 3. The molecular formula is C11H9N3O4S. The lowest BCUT2D eigenvalue weighted by atomic mass is 10.2. The van der Waals surface area contributed by atoms with E-state index in [1.54, 1.807) is 12.3 Å². The van der Waals surface area contributed by atoms with Gasteiger partial charge in [0, 0.05) is 6.20 Å². The van der Waals surface area contributed by atoms with E-state index in [0.717, 1.165) is 17.5 Å². The second kappa shape index (κ2) is 5.02. The van der Waals surface area contributed by atoms with Crippen LogP contribution in [0.25, 0.3) is 0 Å². The van der Waals surface area contributed by atoms with Gasteiger partial charge in [0.1, 0.15) is 10.6 Å². The molecule has 0 spiro atoms. The van der Waals surface area contributed by atoms with E-state index >= 15 is 0 Å². The molecule has 2 aromatic heterocycles. The zero-order valence-corrected chi connectivity index (χ0v) is 10.6. The highest BCUT2D eigenvalue weighted by molar-refractivity contribution is 7.12. The number of aryl methyl sites for hydroxylation is 1. The summed E-state index contributed by atoms with van der Waals surface area (Å²) in [5.74, 6) is -1.69. The van der Waals surface area contributed by atoms with E-state index in [4.69, 9.17) is 5.11 Å². The van der Waals surface area contributed by atoms with Crippen LogP contribution in [0.1, 0.15) is 25.7 Å². The number of hydrogen-bond donors (Lipinski definition) is 3. The zero-order valence-electron chi connectivity index (χ0n) is 9.76. The first-order valence-electron chi connectivity index (χ1n) is 5.16. The number of carbonyl (C=O) groups is 2. The molecule has 8 heteroatoms. The number of thiophene rings is 1. The minimum atomic E-state index is -1.11. The van der Waals surface area contributed by atoms with Crippen molar-refractivity contribution in [2.75, 3.05) is 5.32 Å². The summed E-state index contributed by atoms with van der Waals surface area (Å²) in [6, 6.07) is 0. The van der Waals surface area contributed by atoms with Crippen molar-refractivity contribution in [2.45, 2.75) is 6.92 Å². The quantitative estimate of drug-likeness (QED) is 0.778. The predicted octanol–water partition coefficient (Wildman–Crippen LogP) is 1.09. The lowest BCUT2D eigenvalue weighted by Gasteiger charge is -2.05. The Balaban J connectivity index is 2.28. The van der Waals surface area contributed by atoms with E-state index in [9.17, 15) is 14.4 Å². The van der Waals surface area contributed by atoms with Gasteiger partial charge in [-0.3, -0.25) is 9.59 Å². The molecule has 0 aliphatic rings. The number of carbonyl (C=O) groups excluding carboxylic acids is 1. The SMILES string of the molecule is Cc1csc(C(=O)O)c1NC(=O)c1c[nH]c(=O)cn1. The number of anilines is 1. The fraction of sp³-hybridized carbons (Fsp3) is 0.0909. The molecule has 0 unspecified atom stereocenters. The number of H-pyrrole nitrogens is 1. The van der Waals surface area contributed by atoms with Crippen LogP contribution in [0.2, 0.25) is 0 Å². The number of aromatic carboxylic acids is 1. The fourth-order valence-corrected chi connectivity index (χ4v) is 2.24. The molecule has 0 aliphatic heterocycles. The summed E-state index contributed by atoms with van der Waals surface area (Å²) in [5.41, 5.74) is 0.478. The van der Waals surface area contributed by atoms with E-state index in [0.29, 0.717) is 5.56 Å². The van der Waals surface area contributed by atoms with Crippen LogP contribution in [0.3, 0.4) is 0 Å². The van der Waals surface area contributed by atoms with Gasteiger partial charge in [-0.15, -0.1) is 11.3 Å². The Labute approximate surface area is 110 Å². The maximum Gasteiger partial charge on any atom is 0.348 e. The van der Waals surface area contributed by atoms with Crippen molar-refractivity contribution in [3.8, 4) is 0 Å². The van der Waals surface area contributed by atoms with Crippen molar-refractivity contribution in [2.24, 2.45) is 0 Å². The predicted molar refractivity (Wildman–Crippen MR) is 68.8 cm³/mol. The minimum Gasteiger partial charge on any atom is -0.477 e. The Morgan fingerprint density at radius 2 is 2.21 bits per heavy atom. The second-order valence-corrected chi connectivity index (χ2v) is 4.56. The lowest BCUT2D eigenvalue weighted by molar-refractivity contribution is 0.0703. The van der Waals surface area contributed by atoms with Crippen LogP contribution in [-0.2, 0) is 0 Å². The third-order valence-corrected chi connectivity index (χ3v) is 3.40. The molecule has 3 N–H and O–H groups in total. The molecule has 0 radical (unpaired) electrons. The fourth-order valence-electron chi connectivity index (χ4n) is 1.40. The molecule has 2 rings (SSSR count). The zero-order chi connectivity index (χ0) is 14.0. The van der Waals surface area contributed by atoms with Crippen molar-refractivity contribution in [1.29, 1.82) is 0 Å². The molecule has 0 bridgehead atoms. The monoisotopic (exact) mass is 279 g/mol. The number of nitrogens with zero attached hydrogens (tertiary/aromatic N) is 1. The van der Waals surface area contributed by atoms with Crippen molar-refractivity contribution in [3.05, 3.63) is 44.3 Å². The van der Waals surface area contributed by atoms with Crippen molar-refractivity contribution < 1.29 is 14.7 Å². The maximum atomic E-state index is 11.9. The summed E-state index contributed by atoms with van der Waals surface area (Å²) in [4.78, 5) is 39.7. The first-order chi connectivity index (χ1) is 8.99. The number of aromatic nitrogens is 2. The topological polar surface area (TPSA) is 112 Å². The molecule has 1 amide bonds. The van der Waals surface area contributed by atoms with Crippen LogP contribution in [-0.4, -0.2) is 27.0 Å². The van der Waals surface area contributed by atoms with Crippen LogP contribution in [0.15, 0.2) is 22.6 Å². The van der Waals surface area contributed by atoms with Gasteiger partial charge in [-0.05, 0) is 17.9 Å². The minimum absolute atomic E-state index is 0.00142. The van der Waals surface area contributed by atoms with Gasteiger partial charge < -0.3 is 15.4 Å². The van der Waals surface area contributed by atoms with Crippen LogP contribution in [0, 0.1) is 6.92 Å². The van der Waals surface area contributed by atoms with Crippen molar-refractivity contribution >= 4 is 28.9 Å². The third-order valence-electron chi connectivity index (χ3n) is 2.31. The average molecular weight is 279 g/mol. The molecule has 0 atom stereocenters. The Morgan fingerprint density at radius 1 is 1.47 bits per heavy atom. The standard InChI is InChI=1S/C11H9N3O4S/c1-5-4-19-9(11(17)18)8(5)14-10(16)6-2-13-7(15)3-12-6/h2-4H,1H3,(H,13,15)(H,14,16)(H,17,18). The van der Waals surface area contributed by atoms with E-state index in [-0.39, 0.29) is 16.3 Å². The number of carboxylic acids is 1. The highest BCUT2D eigenvalue weighted by Crippen LogP contribution is 2.27. The average Bonchev–Trinajstić information content (AvgIpc) is 2.72. The molecule has 0 saturated carbocycles. The van der Waals surface area contributed by atoms with Gasteiger partial charge in [0.15, 0.2) is 0 Å². The van der Waals surface area contributed by atoms with Crippen molar-refractivity contribution in [1.82, 2.24) is 9.97 Å². The van der Waals surface area contributed by atoms with Gasteiger partial charge >= 0.3 is 5.97 Å². The van der Waals surface area contributed by atoms with Gasteiger partial charge in [-0.1, -0.05) is 0 Å². The van der Waals surface area contributed by atoms with Gasteiger partial charge in [0.2, 0.25) is 0 Å². The molecule has 7 nitrogen and oxygen atoms in total. The smallest absolute Gasteiger partial charge is 0.348 e. The van der Waals surface area contributed by atoms with E-state index in [2.05, 4.69) is 15.3 Å². The Hall–Kier alpha value is -2.48. The Bertz CT molecular complexity index is 684. The van der Waals surface area contributed by atoms with Crippen LogP contribution < -0.4 is 10.9 Å². The van der Waals surface area contributed by atoms with E-state index < -0.39 is 17.4 Å². The first kappa shape index (κ1) is 13.0. The number of aromatic amines is 1. The normalized spacial score (nSPS) is 10.2. The Kier molecular flexibility index (Phi) is 3.43. The highest BCUT2D eigenvalue weighted by atomic mass is 32.1. The largest absolute Gasteiger partial charge is 0.477 e. The molecule has 0 fully saturated rings. The molecule has 19 heavy (non-hydrogen) atoms. The van der Waals surface area contributed by atoms with Crippen LogP contribution in [0.4, 0.5) is 5.69 Å². The molecule has 2 aromatic rings. The van der Waals surface area contributed by atoms with Gasteiger partial charge in [0.05, 0.1) is 11.9 Å². The van der Waals surface area contributed by atoms with Gasteiger partial charge in [0.25, 0.3) is 11.5 Å². The first-order valence-corrected chi connectivity index (χ1v) is 6.04. The van der Waals surface area contributed by atoms with Crippen LogP contribution in [0.5, 0.6) is 0 Å². The molecule has 2 heterocycles. The molecule has 0 saturated heterocycles. The summed E-state index contributed by atoms with van der Waals surface area (Å²) in [5, 5.41) is 13.1. The summed E-state index contributed by atoms with van der Waals surface area (Å²) in [7, 11) is 0. The third kappa shape index (κ3) is 2.68. The summed E-state index contributed by atoms with van der Waals surface area (Å²) in [6.45, 7) is 1.69.